The maximum Gasteiger partial charge on any atom is 0.291 e. The molecule has 0 aliphatic carbocycles. The molecular weight excluding hydrogens is 338 g/mol. The van der Waals surface area contributed by atoms with Gasteiger partial charge in [0.1, 0.15) is 12.4 Å². The first-order valence-corrected chi connectivity index (χ1v) is 7.36. The molecule has 21 heavy (non-hydrogen) atoms. The molecule has 0 saturated carbocycles. The first-order valence-electron chi connectivity index (χ1n) is 6.57. The van der Waals surface area contributed by atoms with Crippen molar-refractivity contribution in [1.82, 2.24) is 0 Å². The largest absolute Gasteiger partial charge is 0.489 e. The lowest BCUT2D eigenvalue weighted by Crippen LogP contribution is -2.13. The summed E-state index contributed by atoms with van der Waals surface area (Å²) in [5.74, 6) is 0.490. The lowest BCUT2D eigenvalue weighted by atomic mass is 10.3. The topological polar surface area (TPSA) is 60.7 Å². The summed E-state index contributed by atoms with van der Waals surface area (Å²) < 4.78 is 16.5. The van der Waals surface area contributed by atoms with Crippen molar-refractivity contribution in [2.24, 2.45) is 0 Å². The minimum absolute atomic E-state index is 0.228. The zero-order chi connectivity index (χ0) is 15.1. The third kappa shape index (κ3) is 4.61. The van der Waals surface area contributed by atoms with E-state index in [1.54, 1.807) is 24.3 Å². The highest BCUT2D eigenvalue weighted by Crippen LogP contribution is 2.25. The Morgan fingerprint density at radius 2 is 2.05 bits per heavy atom. The van der Waals surface area contributed by atoms with Crippen molar-refractivity contribution in [3.63, 3.8) is 0 Å². The molecule has 1 N–H and O–H groups in total. The van der Waals surface area contributed by atoms with Crippen LogP contribution in [0.1, 0.15) is 17.5 Å². The number of rotatable bonds is 7. The van der Waals surface area contributed by atoms with Crippen LogP contribution >= 0.6 is 15.9 Å². The number of hydrogen-bond acceptors (Lipinski definition) is 4. The lowest BCUT2D eigenvalue weighted by Gasteiger charge is -2.11. The van der Waals surface area contributed by atoms with E-state index >= 15 is 0 Å². The summed E-state index contributed by atoms with van der Waals surface area (Å²) in [7, 11) is 0. The van der Waals surface area contributed by atoms with Gasteiger partial charge in [-0.3, -0.25) is 4.79 Å². The number of anilines is 1. The van der Waals surface area contributed by atoms with Gasteiger partial charge in [0.2, 0.25) is 0 Å². The molecule has 0 spiro atoms. The van der Waals surface area contributed by atoms with E-state index in [2.05, 4.69) is 21.2 Å². The summed E-state index contributed by atoms with van der Waals surface area (Å²) in [4.78, 5) is 12.0. The van der Waals surface area contributed by atoms with Crippen LogP contribution in [0.5, 0.6) is 5.75 Å². The second kappa shape index (κ2) is 7.85. The van der Waals surface area contributed by atoms with Gasteiger partial charge in [0.15, 0.2) is 10.4 Å². The Hall–Kier alpha value is -1.79. The van der Waals surface area contributed by atoms with Crippen molar-refractivity contribution in [3.05, 3.63) is 46.8 Å². The van der Waals surface area contributed by atoms with Gasteiger partial charge >= 0.3 is 0 Å². The normalized spacial score (nSPS) is 10.4. The number of nitrogens with one attached hydrogen (secondary N) is 1. The highest BCUT2D eigenvalue weighted by Gasteiger charge is 2.13. The van der Waals surface area contributed by atoms with Crippen molar-refractivity contribution in [2.75, 3.05) is 25.1 Å². The molecule has 0 radical (unpaired) electrons. The number of para-hydroxylation sites is 2. The molecule has 1 heterocycles. The molecule has 1 aromatic heterocycles. The van der Waals surface area contributed by atoms with Crippen LogP contribution in [-0.4, -0.2) is 25.7 Å². The minimum atomic E-state index is -0.332. The van der Waals surface area contributed by atoms with Crippen molar-refractivity contribution >= 4 is 27.5 Å². The van der Waals surface area contributed by atoms with E-state index in [-0.39, 0.29) is 11.7 Å². The predicted molar refractivity (Wildman–Crippen MR) is 82.8 cm³/mol. The van der Waals surface area contributed by atoms with E-state index in [1.807, 2.05) is 19.1 Å². The Morgan fingerprint density at radius 1 is 1.24 bits per heavy atom. The summed E-state index contributed by atoms with van der Waals surface area (Å²) in [5.41, 5.74) is 0.589. The molecule has 112 valence electrons. The Bertz CT molecular complexity index is 597. The number of carbonyl (C=O) groups is 1. The van der Waals surface area contributed by atoms with Crippen molar-refractivity contribution in [1.29, 1.82) is 0 Å². The van der Waals surface area contributed by atoms with Crippen LogP contribution in [0.2, 0.25) is 0 Å². The fraction of sp³-hybridized carbons (Fsp3) is 0.267. The van der Waals surface area contributed by atoms with Crippen molar-refractivity contribution in [3.8, 4) is 5.75 Å². The van der Waals surface area contributed by atoms with Crippen LogP contribution in [0, 0.1) is 0 Å². The number of carbonyl (C=O) groups excluding carboxylic acids is 1. The molecule has 2 rings (SSSR count). The smallest absolute Gasteiger partial charge is 0.291 e. The molecule has 0 fully saturated rings. The van der Waals surface area contributed by atoms with Crippen LogP contribution in [0.15, 0.2) is 45.5 Å². The van der Waals surface area contributed by atoms with Gasteiger partial charge in [0.25, 0.3) is 5.91 Å². The van der Waals surface area contributed by atoms with E-state index in [9.17, 15) is 4.79 Å². The molecular formula is C15H16BrNO4. The lowest BCUT2D eigenvalue weighted by molar-refractivity contribution is 0.0993. The molecule has 0 aliphatic heterocycles. The van der Waals surface area contributed by atoms with Gasteiger partial charge in [0.05, 0.1) is 12.3 Å². The third-order valence-electron chi connectivity index (χ3n) is 2.62. The average molecular weight is 354 g/mol. The predicted octanol–water partition coefficient (Wildman–Crippen LogP) is 3.71. The fourth-order valence-corrected chi connectivity index (χ4v) is 1.98. The molecule has 0 saturated heterocycles. The van der Waals surface area contributed by atoms with E-state index in [1.165, 1.54) is 0 Å². The van der Waals surface area contributed by atoms with Gasteiger partial charge in [-0.15, -0.1) is 0 Å². The Kier molecular flexibility index (Phi) is 5.83. The van der Waals surface area contributed by atoms with Gasteiger partial charge in [-0.25, -0.2) is 0 Å². The molecule has 1 aromatic carbocycles. The highest BCUT2D eigenvalue weighted by atomic mass is 79.9. The summed E-state index contributed by atoms with van der Waals surface area (Å²) >= 11 is 3.16. The molecule has 0 atom stereocenters. The minimum Gasteiger partial charge on any atom is -0.489 e. The quantitative estimate of drug-likeness (QED) is 0.770. The first-order chi connectivity index (χ1) is 10.2. The molecule has 6 heteroatoms. The number of furan rings is 1. The molecule has 1 amide bonds. The average Bonchev–Trinajstić information content (AvgIpc) is 2.92. The number of halogens is 1. The summed E-state index contributed by atoms with van der Waals surface area (Å²) in [6.07, 6.45) is 0. The van der Waals surface area contributed by atoms with Gasteiger partial charge in [-0.2, -0.15) is 0 Å². The second-order valence-corrected chi connectivity index (χ2v) is 4.88. The maximum atomic E-state index is 12.0. The zero-order valence-electron chi connectivity index (χ0n) is 11.6. The summed E-state index contributed by atoms with van der Waals surface area (Å²) in [6.45, 7) is 3.50. The van der Waals surface area contributed by atoms with Crippen LogP contribution in [-0.2, 0) is 4.74 Å². The third-order valence-corrected chi connectivity index (χ3v) is 3.05. The van der Waals surface area contributed by atoms with Gasteiger partial charge in [-0.1, -0.05) is 12.1 Å². The van der Waals surface area contributed by atoms with Crippen molar-refractivity contribution in [2.45, 2.75) is 6.92 Å². The zero-order valence-corrected chi connectivity index (χ0v) is 13.2. The monoisotopic (exact) mass is 353 g/mol. The standard InChI is InChI=1S/C15H16BrNO4/c1-2-19-9-10-20-12-6-4-3-5-11(12)17-15(18)13-7-8-14(16)21-13/h3-8H,2,9-10H2,1H3,(H,17,18). The Labute approximate surface area is 131 Å². The van der Waals surface area contributed by atoms with Gasteiger partial charge in [0, 0.05) is 6.61 Å². The fourth-order valence-electron chi connectivity index (χ4n) is 1.67. The molecule has 5 nitrogen and oxygen atoms in total. The molecule has 2 aromatic rings. The van der Waals surface area contributed by atoms with E-state index < -0.39 is 0 Å². The summed E-state index contributed by atoms with van der Waals surface area (Å²) in [6, 6.07) is 10.5. The maximum absolute atomic E-state index is 12.0. The van der Waals surface area contributed by atoms with E-state index in [0.717, 1.165) is 0 Å². The van der Waals surface area contributed by atoms with E-state index in [0.29, 0.717) is 35.9 Å². The van der Waals surface area contributed by atoms with Crippen LogP contribution < -0.4 is 10.1 Å². The molecule has 0 aliphatic rings. The Morgan fingerprint density at radius 3 is 2.76 bits per heavy atom. The SMILES string of the molecule is CCOCCOc1ccccc1NC(=O)c1ccc(Br)o1. The van der Waals surface area contributed by atoms with Crippen LogP contribution in [0.4, 0.5) is 5.69 Å². The van der Waals surface area contributed by atoms with E-state index in [4.69, 9.17) is 13.9 Å². The summed E-state index contributed by atoms with van der Waals surface area (Å²) in [5, 5.41) is 2.76. The first kappa shape index (κ1) is 15.6. The molecule has 0 unspecified atom stereocenters. The second-order valence-electron chi connectivity index (χ2n) is 4.10. The number of hydrogen-bond donors (Lipinski definition) is 1. The molecule has 0 bridgehead atoms. The Balaban J connectivity index is 2.00. The highest BCUT2D eigenvalue weighted by molar-refractivity contribution is 9.10. The number of ether oxygens (including phenoxy) is 2. The van der Waals surface area contributed by atoms with Crippen molar-refractivity contribution < 1.29 is 18.7 Å². The van der Waals surface area contributed by atoms with Crippen LogP contribution in [0.3, 0.4) is 0 Å². The van der Waals surface area contributed by atoms with Crippen LogP contribution in [0.25, 0.3) is 0 Å². The van der Waals surface area contributed by atoms with Gasteiger partial charge in [-0.05, 0) is 47.1 Å². The number of amides is 1. The van der Waals surface area contributed by atoms with Gasteiger partial charge < -0.3 is 19.2 Å². The number of benzene rings is 1.